The number of carbonyl (C=O) groups is 1. The Morgan fingerprint density at radius 1 is 1.34 bits per heavy atom. The Morgan fingerprint density at radius 3 is 2.72 bits per heavy atom. The van der Waals surface area contributed by atoms with Gasteiger partial charge < -0.3 is 9.30 Å². The maximum absolute atomic E-state index is 12.5. The molecule has 148 valence electrons. The van der Waals surface area contributed by atoms with Crippen LogP contribution in [0, 0.1) is 32.1 Å². The fourth-order valence-corrected chi connectivity index (χ4v) is 3.85. The van der Waals surface area contributed by atoms with E-state index in [9.17, 15) is 10.1 Å². The molecule has 0 saturated carbocycles. The van der Waals surface area contributed by atoms with Crippen LogP contribution < -0.4 is 10.1 Å². The van der Waals surface area contributed by atoms with Crippen LogP contribution in [0.5, 0.6) is 5.75 Å². The van der Waals surface area contributed by atoms with E-state index in [-0.39, 0.29) is 5.57 Å². The molecule has 0 fully saturated rings. The first-order chi connectivity index (χ1) is 13.8. The van der Waals surface area contributed by atoms with Gasteiger partial charge in [-0.25, -0.2) is 4.98 Å². The van der Waals surface area contributed by atoms with E-state index in [1.54, 1.807) is 31.5 Å². The number of aryl methyl sites for hydroxylation is 2. The SMILES string of the molecule is COc1ccc(Cl)cc1-n1c(C)cc(/C=C(/C#N)C(=O)Nc2ncc(C)s2)c1C. The minimum absolute atomic E-state index is 0.00355. The summed E-state index contributed by atoms with van der Waals surface area (Å²) in [6, 6.07) is 9.27. The van der Waals surface area contributed by atoms with Crippen molar-refractivity contribution in [2.45, 2.75) is 20.8 Å². The van der Waals surface area contributed by atoms with Gasteiger partial charge in [-0.05, 0) is 56.7 Å². The van der Waals surface area contributed by atoms with Crippen LogP contribution in [-0.2, 0) is 4.79 Å². The van der Waals surface area contributed by atoms with Crippen LogP contribution in [0.3, 0.4) is 0 Å². The Morgan fingerprint density at radius 2 is 2.10 bits per heavy atom. The van der Waals surface area contributed by atoms with Crippen molar-refractivity contribution < 1.29 is 9.53 Å². The number of nitrogens with zero attached hydrogens (tertiary/aromatic N) is 3. The lowest BCUT2D eigenvalue weighted by atomic mass is 10.1. The van der Waals surface area contributed by atoms with Gasteiger partial charge in [-0.1, -0.05) is 11.6 Å². The molecular weight excluding hydrogens is 408 g/mol. The van der Waals surface area contributed by atoms with E-state index in [1.807, 2.05) is 43.5 Å². The van der Waals surface area contributed by atoms with Gasteiger partial charge in [0.25, 0.3) is 5.91 Å². The number of amides is 1. The lowest BCUT2D eigenvalue weighted by Gasteiger charge is -2.14. The largest absolute Gasteiger partial charge is 0.495 e. The van der Waals surface area contributed by atoms with Gasteiger partial charge in [-0.2, -0.15) is 5.26 Å². The van der Waals surface area contributed by atoms with E-state index in [1.165, 1.54) is 11.3 Å². The summed E-state index contributed by atoms with van der Waals surface area (Å²) in [7, 11) is 1.60. The Kier molecular flexibility index (Phi) is 6.06. The van der Waals surface area contributed by atoms with Gasteiger partial charge >= 0.3 is 0 Å². The number of anilines is 1. The van der Waals surface area contributed by atoms with Gasteiger partial charge in [-0.15, -0.1) is 11.3 Å². The second kappa shape index (κ2) is 8.52. The lowest BCUT2D eigenvalue weighted by Crippen LogP contribution is -2.13. The second-order valence-corrected chi connectivity index (χ2v) is 8.05. The van der Waals surface area contributed by atoms with Gasteiger partial charge in [0, 0.05) is 27.5 Å². The third kappa shape index (κ3) is 4.34. The molecule has 0 aliphatic carbocycles. The van der Waals surface area contributed by atoms with Gasteiger partial charge in [0.15, 0.2) is 5.13 Å². The molecule has 0 radical (unpaired) electrons. The number of thiazole rings is 1. The van der Waals surface area contributed by atoms with Crippen molar-refractivity contribution in [1.29, 1.82) is 5.26 Å². The van der Waals surface area contributed by atoms with E-state index in [2.05, 4.69) is 10.3 Å². The van der Waals surface area contributed by atoms with Gasteiger partial charge in [0.05, 0.1) is 12.8 Å². The summed E-state index contributed by atoms with van der Waals surface area (Å²) in [5, 5.41) is 13.2. The standard InChI is InChI=1S/C21H19ClN4O2S/c1-12-7-15(8-16(10-23)20(27)25-21-24-11-13(2)29-21)14(3)26(12)18-9-17(22)5-6-19(18)28-4/h5-9,11H,1-4H3,(H,24,25,27)/b16-8-. The highest BCUT2D eigenvalue weighted by Crippen LogP contribution is 2.31. The molecule has 3 rings (SSSR count). The van der Waals surface area contributed by atoms with E-state index < -0.39 is 5.91 Å². The Bertz CT molecular complexity index is 1150. The van der Waals surface area contributed by atoms with E-state index >= 15 is 0 Å². The normalized spacial score (nSPS) is 11.2. The third-order valence-electron chi connectivity index (χ3n) is 4.36. The number of rotatable bonds is 5. The van der Waals surface area contributed by atoms with Crippen molar-refractivity contribution in [1.82, 2.24) is 9.55 Å². The van der Waals surface area contributed by atoms with Gasteiger partial charge in [0.1, 0.15) is 17.4 Å². The predicted molar refractivity (Wildman–Crippen MR) is 116 cm³/mol. The summed E-state index contributed by atoms with van der Waals surface area (Å²) in [5.41, 5.74) is 3.31. The topological polar surface area (TPSA) is 79.9 Å². The Labute approximate surface area is 178 Å². The molecule has 8 heteroatoms. The molecule has 0 aliphatic heterocycles. The van der Waals surface area contributed by atoms with Crippen LogP contribution in [0.25, 0.3) is 11.8 Å². The summed E-state index contributed by atoms with van der Waals surface area (Å²) in [6.07, 6.45) is 3.24. The summed E-state index contributed by atoms with van der Waals surface area (Å²) < 4.78 is 7.45. The van der Waals surface area contributed by atoms with Gasteiger partial charge in [0.2, 0.25) is 0 Å². The number of halogens is 1. The molecular formula is C21H19ClN4O2S. The average Bonchev–Trinajstić information content (AvgIpc) is 3.21. The Hall–Kier alpha value is -3.08. The molecule has 6 nitrogen and oxygen atoms in total. The molecule has 1 N–H and O–H groups in total. The number of benzene rings is 1. The summed E-state index contributed by atoms with van der Waals surface area (Å²) >= 11 is 7.53. The van der Waals surface area contributed by atoms with Crippen molar-refractivity contribution in [3.63, 3.8) is 0 Å². The number of methoxy groups -OCH3 is 1. The molecule has 0 unspecified atom stereocenters. The maximum atomic E-state index is 12.5. The zero-order valence-corrected chi connectivity index (χ0v) is 18.0. The first kappa shape index (κ1) is 20.6. The highest BCUT2D eigenvalue weighted by atomic mass is 35.5. The van der Waals surface area contributed by atoms with Crippen LogP contribution >= 0.6 is 22.9 Å². The number of nitrogens with one attached hydrogen (secondary N) is 1. The number of nitriles is 1. The average molecular weight is 427 g/mol. The molecule has 0 saturated heterocycles. The Balaban J connectivity index is 2.00. The van der Waals surface area contributed by atoms with Crippen molar-refractivity contribution in [3.8, 4) is 17.5 Å². The summed E-state index contributed by atoms with van der Waals surface area (Å²) in [6.45, 7) is 5.75. The minimum atomic E-state index is -0.494. The van der Waals surface area contributed by atoms with E-state index in [4.69, 9.17) is 16.3 Å². The molecule has 2 aromatic heterocycles. The molecule has 29 heavy (non-hydrogen) atoms. The number of hydrogen-bond donors (Lipinski definition) is 1. The number of aromatic nitrogens is 2. The molecule has 3 aromatic rings. The van der Waals surface area contributed by atoms with Crippen LogP contribution in [-0.4, -0.2) is 22.6 Å². The van der Waals surface area contributed by atoms with Crippen LogP contribution in [0.2, 0.25) is 5.02 Å². The van der Waals surface area contributed by atoms with Crippen molar-refractivity contribution >= 4 is 40.1 Å². The van der Waals surface area contributed by atoms with Crippen LogP contribution in [0.4, 0.5) is 5.13 Å². The highest BCUT2D eigenvalue weighted by Gasteiger charge is 2.17. The monoisotopic (exact) mass is 426 g/mol. The van der Waals surface area contributed by atoms with Gasteiger partial charge in [-0.3, -0.25) is 10.1 Å². The number of ether oxygens (including phenoxy) is 1. The summed E-state index contributed by atoms with van der Waals surface area (Å²) in [5.74, 6) is 0.177. The highest BCUT2D eigenvalue weighted by molar-refractivity contribution is 7.15. The molecule has 0 bridgehead atoms. The zero-order chi connectivity index (χ0) is 21.1. The first-order valence-electron chi connectivity index (χ1n) is 8.72. The zero-order valence-electron chi connectivity index (χ0n) is 16.4. The molecule has 0 aliphatic rings. The van der Waals surface area contributed by atoms with Crippen LogP contribution in [0.15, 0.2) is 36.0 Å². The smallest absolute Gasteiger partial charge is 0.268 e. The maximum Gasteiger partial charge on any atom is 0.268 e. The lowest BCUT2D eigenvalue weighted by molar-refractivity contribution is -0.112. The fraction of sp³-hybridized carbons (Fsp3) is 0.190. The van der Waals surface area contributed by atoms with Crippen molar-refractivity contribution in [2.24, 2.45) is 0 Å². The molecule has 0 spiro atoms. The predicted octanol–water partition coefficient (Wildman–Crippen LogP) is 5.07. The number of carbonyl (C=O) groups excluding carboxylic acids is 1. The summed E-state index contributed by atoms with van der Waals surface area (Å²) in [4.78, 5) is 17.6. The molecule has 2 heterocycles. The third-order valence-corrected chi connectivity index (χ3v) is 5.42. The van der Waals surface area contributed by atoms with E-state index in [0.717, 1.165) is 27.5 Å². The van der Waals surface area contributed by atoms with Crippen molar-refractivity contribution in [3.05, 3.63) is 62.9 Å². The van der Waals surface area contributed by atoms with Crippen LogP contribution in [0.1, 0.15) is 21.8 Å². The second-order valence-electron chi connectivity index (χ2n) is 6.38. The minimum Gasteiger partial charge on any atom is -0.495 e. The van der Waals surface area contributed by atoms with Crippen molar-refractivity contribution in [2.75, 3.05) is 12.4 Å². The quantitative estimate of drug-likeness (QED) is 0.456. The molecule has 1 amide bonds. The first-order valence-corrected chi connectivity index (χ1v) is 9.92. The fourth-order valence-electron chi connectivity index (χ4n) is 3.02. The molecule has 1 aromatic carbocycles. The molecule has 0 atom stereocenters. The van der Waals surface area contributed by atoms with E-state index in [0.29, 0.717) is 15.9 Å². The number of hydrogen-bond acceptors (Lipinski definition) is 5.